The summed E-state index contributed by atoms with van der Waals surface area (Å²) >= 11 is 0. The highest BCUT2D eigenvalue weighted by atomic mass is 19.1. The van der Waals surface area contributed by atoms with Crippen molar-refractivity contribution in [1.82, 2.24) is 10.3 Å². The van der Waals surface area contributed by atoms with E-state index in [0.717, 1.165) is 11.3 Å². The maximum Gasteiger partial charge on any atom is 0.123 e. The Morgan fingerprint density at radius 2 is 1.73 bits per heavy atom. The van der Waals surface area contributed by atoms with Crippen molar-refractivity contribution in [1.29, 1.82) is 0 Å². The van der Waals surface area contributed by atoms with Crippen molar-refractivity contribution in [2.75, 3.05) is 0 Å². The van der Waals surface area contributed by atoms with Gasteiger partial charge in [0.05, 0.1) is 11.7 Å². The zero-order chi connectivity index (χ0) is 15.2. The molecule has 1 atom stereocenters. The Morgan fingerprint density at radius 3 is 2.45 bits per heavy atom. The van der Waals surface area contributed by atoms with Gasteiger partial charge in [0.15, 0.2) is 0 Å². The summed E-state index contributed by atoms with van der Waals surface area (Å²) in [7, 11) is 0. The van der Waals surface area contributed by atoms with Gasteiger partial charge in [0.25, 0.3) is 0 Å². The van der Waals surface area contributed by atoms with Crippen LogP contribution in [-0.2, 0) is 6.54 Å². The van der Waals surface area contributed by atoms with Gasteiger partial charge in [-0.05, 0) is 35.4 Å². The highest BCUT2D eigenvalue weighted by Crippen LogP contribution is 2.21. The second kappa shape index (κ2) is 6.96. The van der Waals surface area contributed by atoms with Crippen LogP contribution in [0.15, 0.2) is 79.0 Å². The minimum atomic E-state index is -0.236. The van der Waals surface area contributed by atoms with Crippen molar-refractivity contribution < 1.29 is 4.39 Å². The van der Waals surface area contributed by atoms with Crippen LogP contribution in [0.5, 0.6) is 0 Å². The van der Waals surface area contributed by atoms with Crippen molar-refractivity contribution in [3.05, 3.63) is 102 Å². The molecule has 1 aromatic heterocycles. The van der Waals surface area contributed by atoms with E-state index in [1.165, 1.54) is 11.6 Å². The van der Waals surface area contributed by atoms with Crippen LogP contribution in [-0.4, -0.2) is 4.98 Å². The van der Waals surface area contributed by atoms with Gasteiger partial charge in [-0.1, -0.05) is 48.5 Å². The van der Waals surface area contributed by atoms with Gasteiger partial charge < -0.3 is 5.32 Å². The monoisotopic (exact) mass is 292 g/mol. The number of aromatic nitrogens is 1. The molecule has 0 radical (unpaired) electrons. The first-order chi connectivity index (χ1) is 10.8. The van der Waals surface area contributed by atoms with Crippen LogP contribution in [0.3, 0.4) is 0 Å². The first kappa shape index (κ1) is 14.4. The molecule has 3 rings (SSSR count). The Morgan fingerprint density at radius 1 is 0.909 bits per heavy atom. The molecule has 0 amide bonds. The molecule has 0 fully saturated rings. The summed E-state index contributed by atoms with van der Waals surface area (Å²) in [5.74, 6) is -0.236. The van der Waals surface area contributed by atoms with Crippen molar-refractivity contribution >= 4 is 0 Å². The molecule has 1 unspecified atom stereocenters. The summed E-state index contributed by atoms with van der Waals surface area (Å²) in [4.78, 5) is 4.41. The Hall–Kier alpha value is -2.52. The standard InChI is InChI=1S/C19H17FN2/c20-17-10-6-9-16(13-17)19(18-11-4-5-12-21-18)22-14-15-7-2-1-3-8-15/h1-13,19,22H,14H2. The second-order valence-corrected chi connectivity index (χ2v) is 5.11. The van der Waals surface area contributed by atoms with Gasteiger partial charge in [0, 0.05) is 12.7 Å². The van der Waals surface area contributed by atoms with Crippen LogP contribution in [0, 0.1) is 5.82 Å². The Kier molecular flexibility index (Phi) is 4.56. The Balaban J connectivity index is 1.86. The lowest BCUT2D eigenvalue weighted by molar-refractivity contribution is 0.579. The molecule has 3 aromatic rings. The van der Waals surface area contributed by atoms with E-state index in [0.29, 0.717) is 6.54 Å². The van der Waals surface area contributed by atoms with E-state index in [4.69, 9.17) is 0 Å². The van der Waals surface area contributed by atoms with E-state index in [-0.39, 0.29) is 11.9 Å². The van der Waals surface area contributed by atoms with Gasteiger partial charge in [-0.15, -0.1) is 0 Å². The van der Waals surface area contributed by atoms with E-state index >= 15 is 0 Å². The fraction of sp³-hybridized carbons (Fsp3) is 0.105. The van der Waals surface area contributed by atoms with Crippen LogP contribution in [0.25, 0.3) is 0 Å². The number of halogens is 1. The van der Waals surface area contributed by atoms with Gasteiger partial charge in [0.2, 0.25) is 0 Å². The van der Waals surface area contributed by atoms with Gasteiger partial charge in [-0.2, -0.15) is 0 Å². The van der Waals surface area contributed by atoms with Gasteiger partial charge in [0.1, 0.15) is 5.82 Å². The molecule has 0 aliphatic rings. The molecular formula is C19H17FN2. The molecule has 0 aliphatic heterocycles. The summed E-state index contributed by atoms with van der Waals surface area (Å²) in [5.41, 5.74) is 2.93. The van der Waals surface area contributed by atoms with E-state index in [9.17, 15) is 4.39 Å². The average Bonchev–Trinajstić information content (AvgIpc) is 2.57. The summed E-state index contributed by atoms with van der Waals surface area (Å²) < 4.78 is 13.6. The number of rotatable bonds is 5. The molecule has 0 saturated heterocycles. The summed E-state index contributed by atoms with van der Waals surface area (Å²) in [6.45, 7) is 0.693. The first-order valence-electron chi connectivity index (χ1n) is 7.26. The lowest BCUT2D eigenvalue weighted by Crippen LogP contribution is -2.23. The molecule has 1 heterocycles. The quantitative estimate of drug-likeness (QED) is 0.766. The maximum absolute atomic E-state index is 13.6. The Bertz CT molecular complexity index is 714. The highest BCUT2D eigenvalue weighted by molar-refractivity contribution is 5.28. The van der Waals surface area contributed by atoms with Crippen molar-refractivity contribution in [2.24, 2.45) is 0 Å². The number of nitrogens with one attached hydrogen (secondary N) is 1. The zero-order valence-corrected chi connectivity index (χ0v) is 12.1. The average molecular weight is 292 g/mol. The van der Waals surface area contributed by atoms with Crippen molar-refractivity contribution in [3.8, 4) is 0 Å². The third kappa shape index (κ3) is 3.57. The molecule has 3 heteroatoms. The molecule has 1 N–H and O–H groups in total. The lowest BCUT2D eigenvalue weighted by atomic mass is 10.0. The number of hydrogen-bond donors (Lipinski definition) is 1. The minimum absolute atomic E-state index is 0.142. The summed E-state index contributed by atoms with van der Waals surface area (Å²) in [5, 5.41) is 3.47. The molecular weight excluding hydrogens is 275 g/mol. The maximum atomic E-state index is 13.6. The largest absolute Gasteiger partial charge is 0.301 e. The number of pyridine rings is 1. The Labute approximate surface area is 129 Å². The van der Waals surface area contributed by atoms with Crippen molar-refractivity contribution in [2.45, 2.75) is 12.6 Å². The SMILES string of the molecule is Fc1cccc(C(NCc2ccccc2)c2ccccn2)c1. The third-order valence-corrected chi connectivity index (χ3v) is 3.52. The molecule has 0 aliphatic carbocycles. The molecule has 22 heavy (non-hydrogen) atoms. The highest BCUT2D eigenvalue weighted by Gasteiger charge is 2.15. The molecule has 0 bridgehead atoms. The minimum Gasteiger partial charge on any atom is -0.301 e. The van der Waals surface area contributed by atoms with E-state index in [2.05, 4.69) is 22.4 Å². The zero-order valence-electron chi connectivity index (χ0n) is 12.1. The number of hydrogen-bond acceptors (Lipinski definition) is 2. The second-order valence-electron chi connectivity index (χ2n) is 5.11. The van der Waals surface area contributed by atoms with Crippen LogP contribution < -0.4 is 5.32 Å². The van der Waals surface area contributed by atoms with Crippen LogP contribution in [0.4, 0.5) is 4.39 Å². The van der Waals surface area contributed by atoms with Gasteiger partial charge in [-0.25, -0.2) is 4.39 Å². The van der Waals surface area contributed by atoms with Crippen LogP contribution in [0.1, 0.15) is 22.9 Å². The molecule has 2 nitrogen and oxygen atoms in total. The van der Waals surface area contributed by atoms with E-state index < -0.39 is 0 Å². The molecule has 0 saturated carbocycles. The molecule has 110 valence electrons. The smallest absolute Gasteiger partial charge is 0.123 e. The van der Waals surface area contributed by atoms with Crippen LogP contribution in [0.2, 0.25) is 0 Å². The van der Waals surface area contributed by atoms with E-state index in [1.54, 1.807) is 18.3 Å². The van der Waals surface area contributed by atoms with E-state index in [1.807, 2.05) is 42.5 Å². The predicted octanol–water partition coefficient (Wildman–Crippen LogP) is 4.10. The third-order valence-electron chi connectivity index (χ3n) is 3.52. The lowest BCUT2D eigenvalue weighted by Gasteiger charge is -2.19. The predicted molar refractivity (Wildman–Crippen MR) is 85.8 cm³/mol. The summed E-state index contributed by atoms with van der Waals surface area (Å²) in [6, 6.07) is 22.4. The number of nitrogens with zero attached hydrogens (tertiary/aromatic N) is 1. The summed E-state index contributed by atoms with van der Waals surface area (Å²) in [6.07, 6.45) is 1.76. The fourth-order valence-electron chi connectivity index (χ4n) is 2.44. The van der Waals surface area contributed by atoms with Crippen molar-refractivity contribution in [3.63, 3.8) is 0 Å². The normalized spacial score (nSPS) is 12.0. The molecule has 0 spiro atoms. The fourth-order valence-corrected chi connectivity index (χ4v) is 2.44. The first-order valence-corrected chi connectivity index (χ1v) is 7.26. The topological polar surface area (TPSA) is 24.9 Å². The van der Waals surface area contributed by atoms with Gasteiger partial charge in [-0.3, -0.25) is 4.98 Å². The molecule has 2 aromatic carbocycles. The van der Waals surface area contributed by atoms with Crippen LogP contribution >= 0.6 is 0 Å². The number of benzene rings is 2. The van der Waals surface area contributed by atoms with Gasteiger partial charge >= 0.3 is 0 Å².